The topological polar surface area (TPSA) is 64.5 Å². The fourth-order valence-corrected chi connectivity index (χ4v) is 9.08. The van der Waals surface area contributed by atoms with Gasteiger partial charge in [0.25, 0.3) is 0 Å². The first kappa shape index (κ1) is 34.6. The maximum atomic E-state index is 5.22. The molecule has 4 aromatic heterocycles. The summed E-state index contributed by atoms with van der Waals surface area (Å²) in [4.78, 5) is 24.6. The fourth-order valence-electron chi connectivity index (χ4n) is 7.85. The Morgan fingerprint density at radius 2 is 0.797 bits per heavy atom. The molecule has 0 bridgehead atoms. The Hall–Kier alpha value is -7.67. The Kier molecular flexibility index (Phi) is 8.60. The number of aromatic nitrogens is 5. The molecule has 59 heavy (non-hydrogen) atoms. The largest absolute Gasteiger partial charge is 0.264 e. The van der Waals surface area contributed by atoms with Crippen LogP contribution in [0.5, 0.6) is 0 Å². The number of thiophene rings is 1. The minimum atomic E-state index is 0.629. The van der Waals surface area contributed by atoms with Crippen molar-refractivity contribution in [2.24, 2.45) is 0 Å². The SMILES string of the molecule is c1ccc(-c2ccc(-c3nc(-c4ccccc4)nc(-c4ccc(-c5cccc(-c6cccc(-c7nc8ccncc8c8c7sc7ccccc78)c6)c5)cc4)n3)cc2)cc1. The van der Waals surface area contributed by atoms with Crippen molar-refractivity contribution < 1.29 is 0 Å². The Bertz CT molecular complexity index is 3310. The maximum Gasteiger partial charge on any atom is 0.164 e. The maximum absolute atomic E-state index is 5.22. The van der Waals surface area contributed by atoms with Gasteiger partial charge in [-0.15, -0.1) is 11.3 Å². The summed E-state index contributed by atoms with van der Waals surface area (Å²) >= 11 is 1.79. The second-order valence-corrected chi connectivity index (χ2v) is 15.6. The van der Waals surface area contributed by atoms with Crippen LogP contribution in [0.1, 0.15) is 0 Å². The molecular formula is C53H33N5S. The highest BCUT2D eigenvalue weighted by atomic mass is 32.1. The van der Waals surface area contributed by atoms with Gasteiger partial charge in [-0.05, 0) is 57.6 Å². The van der Waals surface area contributed by atoms with E-state index < -0.39 is 0 Å². The molecule has 0 atom stereocenters. The van der Waals surface area contributed by atoms with Gasteiger partial charge in [0.2, 0.25) is 0 Å². The van der Waals surface area contributed by atoms with E-state index in [4.69, 9.17) is 19.9 Å². The molecule has 0 aliphatic heterocycles. The molecule has 0 fully saturated rings. The first-order chi connectivity index (χ1) is 29.2. The quantitative estimate of drug-likeness (QED) is 0.161. The van der Waals surface area contributed by atoms with Crippen LogP contribution in [0.2, 0.25) is 0 Å². The Morgan fingerprint density at radius 3 is 1.44 bits per heavy atom. The lowest BCUT2D eigenvalue weighted by Gasteiger charge is -2.11. The van der Waals surface area contributed by atoms with Crippen LogP contribution in [0, 0.1) is 0 Å². The van der Waals surface area contributed by atoms with Gasteiger partial charge in [0.15, 0.2) is 17.5 Å². The minimum Gasteiger partial charge on any atom is -0.264 e. The van der Waals surface area contributed by atoms with Crippen LogP contribution in [0.15, 0.2) is 200 Å². The van der Waals surface area contributed by atoms with Crippen molar-refractivity contribution in [1.29, 1.82) is 0 Å². The molecule has 0 spiro atoms. The third kappa shape index (κ3) is 6.52. The lowest BCUT2D eigenvalue weighted by Crippen LogP contribution is -2.00. The zero-order chi connectivity index (χ0) is 39.1. The summed E-state index contributed by atoms with van der Waals surface area (Å²) < 4.78 is 2.43. The zero-order valence-electron chi connectivity index (χ0n) is 31.7. The number of hydrogen-bond donors (Lipinski definition) is 0. The predicted molar refractivity (Wildman–Crippen MR) is 244 cm³/mol. The smallest absolute Gasteiger partial charge is 0.164 e. The average molecular weight is 772 g/mol. The molecule has 0 amide bonds. The van der Waals surface area contributed by atoms with E-state index in [1.807, 2.05) is 54.9 Å². The molecule has 0 aliphatic carbocycles. The molecule has 6 heteroatoms. The minimum absolute atomic E-state index is 0.629. The van der Waals surface area contributed by atoms with E-state index in [0.717, 1.165) is 66.7 Å². The van der Waals surface area contributed by atoms with Crippen LogP contribution < -0.4 is 0 Å². The van der Waals surface area contributed by atoms with Gasteiger partial charge in [0, 0.05) is 55.5 Å². The summed E-state index contributed by atoms with van der Waals surface area (Å²) in [7, 11) is 0. The van der Waals surface area contributed by atoms with Crippen LogP contribution in [-0.4, -0.2) is 24.9 Å². The van der Waals surface area contributed by atoms with E-state index in [-0.39, 0.29) is 0 Å². The monoisotopic (exact) mass is 771 g/mol. The van der Waals surface area contributed by atoms with Crippen LogP contribution in [0.3, 0.4) is 0 Å². The Balaban J connectivity index is 0.929. The van der Waals surface area contributed by atoms with Crippen LogP contribution in [0.25, 0.3) is 110 Å². The number of fused-ring (bicyclic) bond motifs is 5. The number of hydrogen-bond acceptors (Lipinski definition) is 6. The van der Waals surface area contributed by atoms with Crippen molar-refractivity contribution in [1.82, 2.24) is 24.9 Å². The van der Waals surface area contributed by atoms with Gasteiger partial charge < -0.3 is 0 Å². The molecule has 0 N–H and O–H groups in total. The molecule has 0 saturated heterocycles. The van der Waals surface area contributed by atoms with Crippen LogP contribution in [-0.2, 0) is 0 Å². The molecule has 11 aromatic rings. The molecule has 7 aromatic carbocycles. The third-order valence-electron chi connectivity index (χ3n) is 10.8. The van der Waals surface area contributed by atoms with E-state index in [0.29, 0.717) is 17.5 Å². The molecule has 5 nitrogen and oxygen atoms in total. The highest BCUT2D eigenvalue weighted by Gasteiger charge is 2.17. The number of rotatable bonds is 7. The summed E-state index contributed by atoms with van der Waals surface area (Å²) in [5.41, 5.74) is 12.7. The molecule has 0 saturated carbocycles. The fraction of sp³-hybridized carbons (Fsp3) is 0. The van der Waals surface area contributed by atoms with Crippen molar-refractivity contribution in [3.05, 3.63) is 200 Å². The Labute approximate surface area is 345 Å². The zero-order valence-corrected chi connectivity index (χ0v) is 32.5. The standard InChI is InChI=1S/C53H33N5S/c1-3-11-34(12-4-1)35-21-25-38(26-22-35)52-56-51(37-13-5-2-6-14-37)57-53(58-52)39-27-23-36(24-28-39)40-15-9-16-41(31-40)42-17-10-18-43(32-42)49-50-48(44-19-7-8-20-47(44)59-50)45-33-54-30-29-46(45)55-49/h1-33H. The molecule has 276 valence electrons. The van der Waals surface area contributed by atoms with Crippen molar-refractivity contribution in [3.8, 4) is 78.8 Å². The second kappa shape index (κ2) is 14.7. The summed E-state index contributed by atoms with van der Waals surface area (Å²) in [6.45, 7) is 0. The summed E-state index contributed by atoms with van der Waals surface area (Å²) in [6, 6.07) is 65.5. The summed E-state index contributed by atoms with van der Waals surface area (Å²) in [6.07, 6.45) is 3.76. The molecule has 4 heterocycles. The lowest BCUT2D eigenvalue weighted by atomic mass is 9.96. The lowest BCUT2D eigenvalue weighted by molar-refractivity contribution is 1.07. The summed E-state index contributed by atoms with van der Waals surface area (Å²) in [5, 5.41) is 3.54. The van der Waals surface area contributed by atoms with Crippen molar-refractivity contribution in [2.75, 3.05) is 0 Å². The molecule has 0 unspecified atom stereocenters. The Morgan fingerprint density at radius 1 is 0.339 bits per heavy atom. The van der Waals surface area contributed by atoms with E-state index in [2.05, 4.69) is 151 Å². The van der Waals surface area contributed by atoms with Gasteiger partial charge in [-0.3, -0.25) is 4.98 Å². The summed E-state index contributed by atoms with van der Waals surface area (Å²) in [5.74, 6) is 1.90. The highest BCUT2D eigenvalue weighted by molar-refractivity contribution is 7.26. The average Bonchev–Trinajstić information content (AvgIpc) is 3.72. The predicted octanol–water partition coefficient (Wildman–Crippen LogP) is 13.9. The van der Waals surface area contributed by atoms with E-state index in [1.165, 1.54) is 25.7 Å². The first-order valence-electron chi connectivity index (χ1n) is 19.6. The van der Waals surface area contributed by atoms with E-state index in [1.54, 1.807) is 11.3 Å². The first-order valence-corrected chi connectivity index (χ1v) is 20.4. The van der Waals surface area contributed by atoms with Gasteiger partial charge in [-0.2, -0.15) is 0 Å². The highest BCUT2D eigenvalue weighted by Crippen LogP contribution is 2.43. The van der Waals surface area contributed by atoms with E-state index >= 15 is 0 Å². The number of benzene rings is 7. The van der Waals surface area contributed by atoms with Crippen LogP contribution in [0.4, 0.5) is 0 Å². The van der Waals surface area contributed by atoms with Gasteiger partial charge in [0.1, 0.15) is 0 Å². The molecular weight excluding hydrogens is 739 g/mol. The molecule has 0 aliphatic rings. The molecule has 11 rings (SSSR count). The van der Waals surface area contributed by atoms with E-state index in [9.17, 15) is 0 Å². The normalized spacial score (nSPS) is 11.4. The van der Waals surface area contributed by atoms with Crippen molar-refractivity contribution >= 4 is 42.4 Å². The number of pyridine rings is 2. The van der Waals surface area contributed by atoms with Crippen LogP contribution >= 0.6 is 11.3 Å². The van der Waals surface area contributed by atoms with Gasteiger partial charge in [0.05, 0.1) is 15.9 Å². The van der Waals surface area contributed by atoms with Gasteiger partial charge in [-0.25, -0.2) is 19.9 Å². The van der Waals surface area contributed by atoms with Crippen molar-refractivity contribution in [2.45, 2.75) is 0 Å². The van der Waals surface area contributed by atoms with Gasteiger partial charge >= 0.3 is 0 Å². The molecule has 0 radical (unpaired) electrons. The van der Waals surface area contributed by atoms with Crippen molar-refractivity contribution in [3.63, 3.8) is 0 Å². The van der Waals surface area contributed by atoms with Gasteiger partial charge in [-0.1, -0.05) is 164 Å². The third-order valence-corrected chi connectivity index (χ3v) is 12.0. The number of nitrogens with zero attached hydrogens (tertiary/aromatic N) is 5. The second-order valence-electron chi connectivity index (χ2n) is 14.5.